The Labute approximate surface area is 758 Å². The zero-order valence-electron chi connectivity index (χ0n) is 68.6. The minimum atomic E-state index is -4.78. The molecule has 0 fully saturated rings. The summed E-state index contributed by atoms with van der Waals surface area (Å²) in [6.45, 7) is 2.63. The molecule has 132 heavy (non-hydrogen) atoms. The molecule has 0 radical (unpaired) electrons. The second kappa shape index (κ2) is 34.6. The number of ether oxygens (including phenoxy) is 1. The smallest absolute Gasteiger partial charge is 0.359 e. The van der Waals surface area contributed by atoms with E-state index >= 15 is 0 Å². The molecule has 0 amide bonds. The molecule has 0 aliphatic carbocycles. The number of rotatable bonds is 8. The zero-order chi connectivity index (χ0) is 92.7. The van der Waals surface area contributed by atoms with Gasteiger partial charge in [0.15, 0.2) is 44.3 Å². The SMILES string of the molecule is CC1Cc2cccc3c4oc(=O)cc(O)c4c(=O)n1c23.Cn1c(=O)c2c(O)c(-c3ccccc3)c(=O)oc2c2ccccc21.O=C(Oc1cc(=O)oc2c1c(=O)n1c3c(cccc23)CCC1)c1ccc(Cl)cc1.O=c1cc(O)c2c(=O)n(-c3ccccc3)c3ccccc3c2o1.O=c1oc2c(c(O)c1S(=O)(=O)c1cc(Cl)c(Cl)cc1Cl)c(=O)n(Cc1ccccc1)c1ccccc21. The van der Waals surface area contributed by atoms with Crippen molar-refractivity contribution in [3.8, 4) is 45.6 Å². The fraction of sp³-hybridized carbons (Fsp3) is 0.0808. The number of sulfone groups is 1. The highest BCUT2D eigenvalue weighted by molar-refractivity contribution is 7.91. The first-order chi connectivity index (χ1) is 63.5. The van der Waals surface area contributed by atoms with E-state index in [1.807, 2.05) is 79.7 Å². The van der Waals surface area contributed by atoms with Gasteiger partial charge in [0.1, 0.15) is 49.7 Å². The van der Waals surface area contributed by atoms with Gasteiger partial charge < -0.3 is 65.5 Å². The molecule has 1 unspecified atom stereocenters. The average molecular weight is 1860 g/mol. The Morgan fingerprint density at radius 1 is 0.455 bits per heavy atom. The molecule has 10 aromatic heterocycles. The maximum Gasteiger partial charge on any atom is 0.359 e. The van der Waals surface area contributed by atoms with Gasteiger partial charge in [-0.05, 0) is 146 Å². The van der Waals surface area contributed by atoms with E-state index in [2.05, 4.69) is 0 Å². The molecule has 0 saturated heterocycles. The van der Waals surface area contributed by atoms with Crippen LogP contribution in [-0.2, 0) is 42.8 Å². The maximum atomic E-state index is 13.6. The third-order valence-electron chi connectivity index (χ3n) is 22.7. The summed E-state index contributed by atoms with van der Waals surface area (Å²) in [5, 5.41) is 44.4. The summed E-state index contributed by atoms with van der Waals surface area (Å²) in [6.07, 6.45) is 2.43. The molecule has 22 rings (SSSR count). The maximum absolute atomic E-state index is 13.6. The second-order valence-electron chi connectivity index (χ2n) is 30.7. The van der Waals surface area contributed by atoms with E-state index in [4.69, 9.17) is 73.2 Å². The number of hydrogen-bond donors (Lipinski definition) is 4. The molecule has 0 spiro atoms. The van der Waals surface area contributed by atoms with Gasteiger partial charge in [-0.15, -0.1) is 0 Å². The monoisotopic (exact) mass is 1860 g/mol. The summed E-state index contributed by atoms with van der Waals surface area (Å²) in [5.41, 5.74) is 1.43. The highest BCUT2D eigenvalue weighted by Crippen LogP contribution is 2.42. The van der Waals surface area contributed by atoms with Crippen LogP contribution in [0.4, 0.5) is 0 Å². The van der Waals surface area contributed by atoms with Crippen LogP contribution in [0.25, 0.3) is 126 Å². The van der Waals surface area contributed by atoms with Crippen molar-refractivity contribution in [1.82, 2.24) is 22.8 Å². The molecule has 2 aliphatic heterocycles. The van der Waals surface area contributed by atoms with Crippen LogP contribution in [0.3, 0.4) is 0 Å². The molecular formula is C99H63Cl4N5O23S. The van der Waals surface area contributed by atoms with Gasteiger partial charge in [-0.1, -0.05) is 186 Å². The summed E-state index contributed by atoms with van der Waals surface area (Å²) in [7, 11) is -3.16. The number of pyridine rings is 5. The Balaban J connectivity index is 0.000000112. The number of aromatic nitrogens is 5. The van der Waals surface area contributed by atoms with E-state index < -0.39 is 81.5 Å². The molecule has 0 bridgehead atoms. The summed E-state index contributed by atoms with van der Waals surface area (Å²) in [6, 6.07) is 70.1. The van der Waals surface area contributed by atoms with Crippen LogP contribution in [0.2, 0.25) is 20.1 Å². The summed E-state index contributed by atoms with van der Waals surface area (Å²) in [4.78, 5) is 137. The van der Waals surface area contributed by atoms with E-state index in [0.29, 0.717) is 66.3 Å². The van der Waals surface area contributed by atoms with Gasteiger partial charge in [0.05, 0.1) is 77.9 Å². The van der Waals surface area contributed by atoms with Crippen molar-refractivity contribution in [1.29, 1.82) is 0 Å². The van der Waals surface area contributed by atoms with E-state index in [1.165, 1.54) is 25.8 Å². The Bertz CT molecular complexity index is 9110. The highest BCUT2D eigenvalue weighted by Gasteiger charge is 2.35. The van der Waals surface area contributed by atoms with Crippen molar-refractivity contribution in [3.05, 3.63) is 401 Å². The van der Waals surface area contributed by atoms with E-state index in [9.17, 15) is 81.6 Å². The van der Waals surface area contributed by atoms with Gasteiger partial charge in [0.2, 0.25) is 9.84 Å². The molecule has 12 heterocycles. The molecule has 1 atom stereocenters. The number of fused-ring (bicyclic) bond motifs is 13. The lowest BCUT2D eigenvalue weighted by molar-refractivity contribution is 0.0736. The molecule has 656 valence electrons. The molecule has 10 aromatic carbocycles. The molecule has 4 N–H and O–H groups in total. The number of hydrogen-bond acceptors (Lipinski definition) is 23. The Kier molecular flexibility index (Phi) is 22.7. The first kappa shape index (κ1) is 86.8. The minimum Gasteiger partial charge on any atom is -0.507 e. The first-order valence-corrected chi connectivity index (χ1v) is 43.3. The summed E-state index contributed by atoms with van der Waals surface area (Å²) < 4.78 is 66.6. The predicted octanol–water partition coefficient (Wildman–Crippen LogP) is 17.3. The van der Waals surface area contributed by atoms with Gasteiger partial charge in [-0.25, -0.2) is 37.2 Å². The van der Waals surface area contributed by atoms with Crippen molar-refractivity contribution < 1.29 is 60.5 Å². The third-order valence-corrected chi connectivity index (χ3v) is 25.9. The number of aromatic hydroxyl groups is 4. The number of halogens is 4. The summed E-state index contributed by atoms with van der Waals surface area (Å²) in [5.74, 6) is -2.89. The predicted molar refractivity (Wildman–Crippen MR) is 501 cm³/mol. The van der Waals surface area contributed by atoms with Crippen molar-refractivity contribution >= 4 is 172 Å². The zero-order valence-corrected chi connectivity index (χ0v) is 72.4. The summed E-state index contributed by atoms with van der Waals surface area (Å²) >= 11 is 23.8. The lowest BCUT2D eigenvalue weighted by atomic mass is 10.00. The van der Waals surface area contributed by atoms with E-state index in [0.717, 1.165) is 77.3 Å². The topological polar surface area (TPSA) is 402 Å². The highest BCUT2D eigenvalue weighted by atomic mass is 35.5. The van der Waals surface area contributed by atoms with Gasteiger partial charge in [-0.2, -0.15) is 0 Å². The van der Waals surface area contributed by atoms with E-state index in [1.54, 1.807) is 156 Å². The average Bonchev–Trinajstić information content (AvgIpc) is 0.951. The normalized spacial score (nSPS) is 12.7. The van der Waals surface area contributed by atoms with E-state index in [-0.39, 0.29) is 122 Å². The van der Waals surface area contributed by atoms with Gasteiger partial charge in [-0.3, -0.25) is 28.5 Å². The largest absolute Gasteiger partial charge is 0.507 e. The third kappa shape index (κ3) is 15.3. The lowest BCUT2D eigenvalue weighted by Gasteiger charge is -2.20. The lowest BCUT2D eigenvalue weighted by Crippen LogP contribution is -2.26. The van der Waals surface area contributed by atoms with Crippen molar-refractivity contribution in [2.24, 2.45) is 7.05 Å². The van der Waals surface area contributed by atoms with Gasteiger partial charge in [0, 0.05) is 57.3 Å². The van der Waals surface area contributed by atoms with Gasteiger partial charge in [0.25, 0.3) is 27.8 Å². The number of carbonyl (C=O) groups excluding carboxylic acids is 1. The van der Waals surface area contributed by atoms with Gasteiger partial charge >= 0.3 is 34.1 Å². The van der Waals surface area contributed by atoms with Crippen LogP contribution >= 0.6 is 46.4 Å². The van der Waals surface area contributed by atoms with Crippen LogP contribution in [0, 0.1) is 0 Å². The number of esters is 1. The minimum absolute atomic E-state index is 0.00418. The molecule has 33 heteroatoms. The Morgan fingerprint density at radius 3 is 1.60 bits per heavy atom. The van der Waals surface area contributed by atoms with Crippen molar-refractivity contribution in [2.75, 3.05) is 0 Å². The fourth-order valence-electron chi connectivity index (χ4n) is 16.8. The van der Waals surface area contributed by atoms with Crippen LogP contribution in [0.1, 0.15) is 46.4 Å². The molecular weight excluding hydrogens is 1800 g/mol. The number of nitrogens with zero attached hydrogens (tertiary/aromatic N) is 5. The number of para-hydroxylation sites is 6. The Morgan fingerprint density at radius 2 is 0.955 bits per heavy atom. The number of aryl methyl sites for hydroxylation is 3. The van der Waals surface area contributed by atoms with Crippen LogP contribution < -0.4 is 60.7 Å². The Hall–Kier alpha value is -15.9. The van der Waals surface area contributed by atoms with Crippen molar-refractivity contribution in [3.63, 3.8) is 0 Å². The standard InChI is InChI=1S/C25H14Cl3NO6S.C22H14ClNO5.C19H13NO4.C18H11NO4.C15H11NO4/c26-15-10-17(28)19(11-16(15)27)36(33,34)23-21(30)20-22(35-25(23)32)14-8-4-5-9-18(14)29(24(20)31)12-13-6-2-1-3-7-13;23-14-8-6-13(7-9-14)22(27)28-16-11-17(25)29-20-15-5-1-3-12-4-2-10-24(19(12)15)21(26)18(16)20;1-20-13-10-6-5-9-12(13)17-15(18(20)22)16(21)14(19(23)24-17)11-7-3-2-4-8-11;20-14-10-15(21)23-17-12-8-4-5-9-13(12)19(18(22)16(14)17)11-6-2-1-3-7-11;1-7-5-8-3-2-4-9-13(8)16(7)15(19)12-10(17)6-11(18)20-14(9)12/h1-11,30H,12H2;1,3,5-9,11H,2,4,10H2;2-10,21H,1H3;1-10,20H;2-4,6-7,17H,5H2,1H3. The number of carbonyl (C=O) groups is 1. The van der Waals surface area contributed by atoms with Crippen LogP contribution in [0.15, 0.2) is 335 Å². The van der Waals surface area contributed by atoms with Crippen LogP contribution in [0.5, 0.6) is 28.7 Å². The van der Waals surface area contributed by atoms with Crippen LogP contribution in [-0.4, -0.2) is 57.6 Å². The quantitative estimate of drug-likeness (QED) is 0.0623. The first-order valence-electron chi connectivity index (χ1n) is 40.3. The van der Waals surface area contributed by atoms with Crippen molar-refractivity contribution in [2.45, 2.75) is 55.1 Å². The molecule has 2 aliphatic rings. The number of benzene rings is 10. The second-order valence-corrected chi connectivity index (χ2v) is 34.2. The fourth-order valence-corrected chi connectivity index (χ4v) is 19.3. The molecule has 20 aromatic rings. The molecule has 28 nitrogen and oxygen atoms in total. The molecule has 0 saturated carbocycles.